The topological polar surface area (TPSA) is 89.5 Å². The van der Waals surface area contributed by atoms with Gasteiger partial charge in [-0.05, 0) is 31.0 Å². The number of hydrogen-bond donors (Lipinski definition) is 1. The maximum atomic E-state index is 11.7. The van der Waals surface area contributed by atoms with Gasteiger partial charge in [0.15, 0.2) is 16.4 Å². The van der Waals surface area contributed by atoms with Gasteiger partial charge < -0.3 is 10.1 Å². The van der Waals surface area contributed by atoms with Gasteiger partial charge in [0.2, 0.25) is 0 Å². The van der Waals surface area contributed by atoms with E-state index in [-0.39, 0.29) is 29.0 Å². The lowest BCUT2D eigenvalue weighted by molar-refractivity contribution is -0.124. The summed E-state index contributed by atoms with van der Waals surface area (Å²) >= 11 is 0. The Labute approximate surface area is 117 Å². The van der Waals surface area contributed by atoms with Crippen LogP contribution in [0.15, 0.2) is 29.2 Å². The van der Waals surface area contributed by atoms with Crippen molar-refractivity contribution in [3.05, 3.63) is 29.8 Å². The molecule has 0 unspecified atom stereocenters. The maximum Gasteiger partial charge on any atom is 0.338 e. The Morgan fingerprint density at radius 2 is 2.05 bits per heavy atom. The molecule has 108 valence electrons. The SMILES string of the molecule is CS(=O)(=O)c1cccc(C(=O)OCC(=O)NC2CC2)c1. The fourth-order valence-corrected chi connectivity index (χ4v) is 2.23. The first kappa shape index (κ1) is 14.5. The highest BCUT2D eigenvalue weighted by atomic mass is 32.2. The second kappa shape index (κ2) is 5.62. The van der Waals surface area contributed by atoms with Crippen molar-refractivity contribution < 1.29 is 22.7 Å². The molecule has 0 atom stereocenters. The Bertz CT molecular complexity index is 634. The monoisotopic (exact) mass is 297 g/mol. The minimum absolute atomic E-state index is 0.0365. The van der Waals surface area contributed by atoms with Gasteiger partial charge in [-0.25, -0.2) is 13.2 Å². The number of hydrogen-bond acceptors (Lipinski definition) is 5. The first-order chi connectivity index (χ1) is 9.36. The van der Waals surface area contributed by atoms with Gasteiger partial charge in [-0.2, -0.15) is 0 Å². The number of esters is 1. The molecule has 1 fully saturated rings. The zero-order valence-electron chi connectivity index (χ0n) is 11.0. The number of benzene rings is 1. The number of nitrogens with one attached hydrogen (secondary N) is 1. The summed E-state index contributed by atoms with van der Waals surface area (Å²) in [5.74, 6) is -1.07. The van der Waals surface area contributed by atoms with E-state index >= 15 is 0 Å². The Hall–Kier alpha value is -1.89. The van der Waals surface area contributed by atoms with Crippen molar-refractivity contribution in [1.82, 2.24) is 5.32 Å². The Kier molecular flexibility index (Phi) is 4.08. The van der Waals surface area contributed by atoms with Gasteiger partial charge >= 0.3 is 5.97 Å². The molecule has 1 aromatic carbocycles. The number of carbonyl (C=O) groups excluding carboxylic acids is 2. The molecule has 0 heterocycles. The van der Waals surface area contributed by atoms with Crippen LogP contribution in [0.1, 0.15) is 23.2 Å². The van der Waals surface area contributed by atoms with Crippen molar-refractivity contribution in [1.29, 1.82) is 0 Å². The van der Waals surface area contributed by atoms with E-state index in [0.29, 0.717) is 0 Å². The summed E-state index contributed by atoms with van der Waals surface area (Å²) in [6.07, 6.45) is 2.96. The average molecular weight is 297 g/mol. The molecule has 1 aliphatic rings. The fraction of sp³-hybridized carbons (Fsp3) is 0.385. The molecular weight excluding hydrogens is 282 g/mol. The molecular formula is C13H15NO5S. The molecule has 0 bridgehead atoms. The zero-order valence-corrected chi connectivity index (χ0v) is 11.8. The van der Waals surface area contributed by atoms with Gasteiger partial charge in [-0.3, -0.25) is 4.79 Å². The van der Waals surface area contributed by atoms with Gasteiger partial charge in [0.1, 0.15) is 0 Å². The number of sulfone groups is 1. The lowest BCUT2D eigenvalue weighted by Gasteiger charge is -2.06. The molecule has 0 aromatic heterocycles. The first-order valence-corrected chi connectivity index (χ1v) is 8.02. The minimum atomic E-state index is -3.38. The number of rotatable bonds is 5. The standard InChI is InChI=1S/C13H15NO5S/c1-20(17,18)11-4-2-3-9(7-11)13(16)19-8-12(15)14-10-5-6-10/h2-4,7,10H,5-6,8H2,1H3,(H,14,15). The second-order valence-electron chi connectivity index (χ2n) is 4.72. The van der Waals surface area contributed by atoms with Crippen LogP contribution in [0.5, 0.6) is 0 Å². The highest BCUT2D eigenvalue weighted by Gasteiger charge is 2.23. The fourth-order valence-electron chi connectivity index (χ4n) is 1.57. The van der Waals surface area contributed by atoms with Gasteiger partial charge in [0, 0.05) is 12.3 Å². The quantitative estimate of drug-likeness (QED) is 0.801. The lowest BCUT2D eigenvalue weighted by Crippen LogP contribution is -2.30. The summed E-state index contributed by atoms with van der Waals surface area (Å²) in [7, 11) is -3.38. The Morgan fingerprint density at radius 3 is 2.65 bits per heavy atom. The molecule has 1 saturated carbocycles. The summed E-state index contributed by atoms with van der Waals surface area (Å²) in [6, 6.07) is 5.73. The molecule has 1 amide bonds. The minimum Gasteiger partial charge on any atom is -0.452 e. The molecule has 0 saturated heterocycles. The third-order valence-electron chi connectivity index (χ3n) is 2.77. The summed E-state index contributed by atoms with van der Waals surface area (Å²) in [5, 5.41) is 2.68. The number of ether oxygens (including phenoxy) is 1. The highest BCUT2D eigenvalue weighted by molar-refractivity contribution is 7.90. The molecule has 20 heavy (non-hydrogen) atoms. The van der Waals surface area contributed by atoms with E-state index in [9.17, 15) is 18.0 Å². The molecule has 0 spiro atoms. The van der Waals surface area contributed by atoms with Crippen LogP contribution in [-0.4, -0.2) is 39.2 Å². The van der Waals surface area contributed by atoms with Crippen LogP contribution in [0.2, 0.25) is 0 Å². The third kappa shape index (κ3) is 4.06. The van der Waals surface area contributed by atoms with E-state index in [1.165, 1.54) is 24.3 Å². The Morgan fingerprint density at radius 1 is 1.35 bits per heavy atom. The summed E-state index contributed by atoms with van der Waals surface area (Å²) in [5.41, 5.74) is 0.104. The summed E-state index contributed by atoms with van der Waals surface area (Å²) < 4.78 is 27.6. The number of carbonyl (C=O) groups is 2. The van der Waals surface area contributed by atoms with Gasteiger partial charge in [0.25, 0.3) is 5.91 Å². The van der Waals surface area contributed by atoms with E-state index in [2.05, 4.69) is 5.32 Å². The van der Waals surface area contributed by atoms with Crippen molar-refractivity contribution >= 4 is 21.7 Å². The van der Waals surface area contributed by atoms with Gasteiger partial charge in [-0.15, -0.1) is 0 Å². The molecule has 7 heteroatoms. The van der Waals surface area contributed by atoms with Crippen LogP contribution in [-0.2, 0) is 19.4 Å². The van der Waals surface area contributed by atoms with Crippen LogP contribution >= 0.6 is 0 Å². The van der Waals surface area contributed by atoms with Crippen LogP contribution < -0.4 is 5.32 Å². The predicted octanol–water partition coefficient (Wildman–Crippen LogP) is 0.525. The summed E-state index contributed by atoms with van der Waals surface area (Å²) in [6.45, 7) is -0.363. The molecule has 1 aromatic rings. The second-order valence-corrected chi connectivity index (χ2v) is 6.73. The van der Waals surface area contributed by atoms with Crippen molar-refractivity contribution in [2.45, 2.75) is 23.8 Å². The Balaban J connectivity index is 1.96. The van der Waals surface area contributed by atoms with E-state index in [0.717, 1.165) is 19.1 Å². The van der Waals surface area contributed by atoms with Crippen molar-refractivity contribution in [3.8, 4) is 0 Å². The lowest BCUT2D eigenvalue weighted by atomic mass is 10.2. The van der Waals surface area contributed by atoms with Crippen molar-refractivity contribution in [2.75, 3.05) is 12.9 Å². The average Bonchev–Trinajstić information content (AvgIpc) is 3.19. The maximum absolute atomic E-state index is 11.7. The molecule has 1 aliphatic carbocycles. The van der Waals surface area contributed by atoms with Crippen molar-refractivity contribution in [3.63, 3.8) is 0 Å². The van der Waals surface area contributed by atoms with Gasteiger partial charge in [0.05, 0.1) is 10.5 Å². The summed E-state index contributed by atoms with van der Waals surface area (Å²) in [4.78, 5) is 23.1. The van der Waals surface area contributed by atoms with Crippen LogP contribution in [0.3, 0.4) is 0 Å². The molecule has 2 rings (SSSR count). The molecule has 0 aliphatic heterocycles. The highest BCUT2D eigenvalue weighted by Crippen LogP contribution is 2.18. The number of amides is 1. The third-order valence-corrected chi connectivity index (χ3v) is 3.88. The van der Waals surface area contributed by atoms with Crippen LogP contribution in [0, 0.1) is 0 Å². The van der Waals surface area contributed by atoms with E-state index in [4.69, 9.17) is 4.74 Å². The molecule has 6 nitrogen and oxygen atoms in total. The largest absolute Gasteiger partial charge is 0.452 e. The van der Waals surface area contributed by atoms with Crippen molar-refractivity contribution in [2.24, 2.45) is 0 Å². The van der Waals surface area contributed by atoms with Crippen LogP contribution in [0.4, 0.5) is 0 Å². The zero-order chi connectivity index (χ0) is 14.8. The van der Waals surface area contributed by atoms with E-state index in [1.807, 2.05) is 0 Å². The van der Waals surface area contributed by atoms with Crippen LogP contribution in [0.25, 0.3) is 0 Å². The molecule has 1 N–H and O–H groups in total. The normalized spacial score (nSPS) is 14.7. The van der Waals surface area contributed by atoms with Gasteiger partial charge in [-0.1, -0.05) is 6.07 Å². The van der Waals surface area contributed by atoms with E-state index < -0.39 is 15.8 Å². The van der Waals surface area contributed by atoms with E-state index in [1.54, 1.807) is 0 Å². The smallest absolute Gasteiger partial charge is 0.338 e. The first-order valence-electron chi connectivity index (χ1n) is 6.13. The molecule has 0 radical (unpaired) electrons. The predicted molar refractivity (Wildman–Crippen MR) is 71.0 cm³/mol.